The maximum absolute atomic E-state index is 14.3. The Morgan fingerprint density at radius 2 is 2.00 bits per heavy atom. The van der Waals surface area contributed by atoms with Crippen molar-refractivity contribution < 1.29 is 22.7 Å². The molecule has 4 rings (SSSR count). The van der Waals surface area contributed by atoms with Crippen molar-refractivity contribution in [2.75, 3.05) is 31.2 Å². The molecule has 3 aromatic heterocycles. The largest absolute Gasteiger partial charge is 0.387 e. The third-order valence-corrected chi connectivity index (χ3v) is 7.83. The summed E-state index contributed by atoms with van der Waals surface area (Å²) in [6, 6.07) is 8.94. The first-order valence-corrected chi connectivity index (χ1v) is 14.0. The van der Waals surface area contributed by atoms with Crippen molar-refractivity contribution in [3.63, 3.8) is 0 Å². The van der Waals surface area contributed by atoms with E-state index in [2.05, 4.69) is 26.8 Å². The van der Waals surface area contributed by atoms with Gasteiger partial charge in [-0.15, -0.1) is 0 Å². The molecule has 0 radical (unpaired) electrons. The number of rotatable bonds is 8. The molecule has 0 aromatic carbocycles. The molecule has 3 N–H and O–H groups in total. The minimum absolute atomic E-state index is 0.111. The van der Waals surface area contributed by atoms with Crippen LogP contribution in [0.1, 0.15) is 42.6 Å². The van der Waals surface area contributed by atoms with Gasteiger partial charge in [-0.25, -0.2) is 21.6 Å². The van der Waals surface area contributed by atoms with Crippen LogP contribution in [0.25, 0.3) is 16.9 Å². The van der Waals surface area contributed by atoms with E-state index in [1.807, 2.05) is 0 Å². The molecule has 38 heavy (non-hydrogen) atoms. The monoisotopic (exact) mass is 543 g/mol. The maximum atomic E-state index is 14.3. The van der Waals surface area contributed by atoms with Gasteiger partial charge >= 0.3 is 0 Å². The number of alkyl halides is 1. The quantitative estimate of drug-likeness (QED) is 0.390. The first-order valence-electron chi connectivity index (χ1n) is 12.1. The zero-order chi connectivity index (χ0) is 27.7. The van der Waals surface area contributed by atoms with Crippen LogP contribution in [0.3, 0.4) is 0 Å². The Morgan fingerprint density at radius 1 is 1.29 bits per heavy atom. The molecule has 11 nitrogen and oxygen atoms in total. The predicted octanol–water partition coefficient (Wildman–Crippen LogP) is 1.94. The minimum Gasteiger partial charge on any atom is -0.387 e. The summed E-state index contributed by atoms with van der Waals surface area (Å²) in [5.74, 6) is -0.566. The van der Waals surface area contributed by atoms with Gasteiger partial charge in [0.15, 0.2) is 0 Å². The van der Waals surface area contributed by atoms with Crippen LogP contribution in [-0.4, -0.2) is 82.0 Å². The van der Waals surface area contributed by atoms with Crippen molar-refractivity contribution in [3.05, 3.63) is 47.8 Å². The van der Waals surface area contributed by atoms with Crippen LogP contribution in [0.5, 0.6) is 0 Å². The molecule has 1 aliphatic heterocycles. The number of nitrogens with one attached hydrogen (secondary N) is 2. The van der Waals surface area contributed by atoms with Gasteiger partial charge in [0.2, 0.25) is 10.0 Å². The lowest BCUT2D eigenvalue weighted by Crippen LogP contribution is -2.43. The first-order chi connectivity index (χ1) is 17.9. The number of hydrogen-bond donors (Lipinski definition) is 3. The van der Waals surface area contributed by atoms with Crippen LogP contribution in [0.4, 0.5) is 10.1 Å². The summed E-state index contributed by atoms with van der Waals surface area (Å²) in [7, 11) is -3.29. The van der Waals surface area contributed by atoms with E-state index in [0.29, 0.717) is 54.1 Å². The van der Waals surface area contributed by atoms with Gasteiger partial charge in [0.1, 0.15) is 12.2 Å². The molecule has 1 saturated heterocycles. The highest BCUT2D eigenvalue weighted by Gasteiger charge is 2.29. The number of nitriles is 1. The number of piperidine rings is 1. The standard InChI is InChI=1S/C25H30FN7O4S/c1-25(2,35)23(26)15-29-24(34)19-14-28-21(22-5-4-18-10-16(12-27)13-30-33(18)22)11-20(19)31-17-6-8-32(9-7-17)38(3,36)37/h4-5,10-11,13-14,17,23,35H,6-9,15H2,1-3H3,(H,28,31)(H,29,34)/t23-/m1/s1. The van der Waals surface area contributed by atoms with E-state index in [0.717, 1.165) is 0 Å². The second-order valence-electron chi connectivity index (χ2n) is 9.94. The average Bonchev–Trinajstić information content (AvgIpc) is 3.29. The summed E-state index contributed by atoms with van der Waals surface area (Å²) in [5, 5.41) is 29.2. The third-order valence-electron chi connectivity index (χ3n) is 6.53. The molecule has 0 aliphatic carbocycles. The lowest BCUT2D eigenvalue weighted by Gasteiger charge is -2.31. The molecule has 0 saturated carbocycles. The summed E-state index contributed by atoms with van der Waals surface area (Å²) < 4.78 is 41.1. The number of aromatic nitrogens is 3. The molecule has 1 fully saturated rings. The van der Waals surface area contributed by atoms with Gasteiger partial charge in [-0.2, -0.15) is 10.4 Å². The van der Waals surface area contributed by atoms with Gasteiger partial charge in [-0.3, -0.25) is 9.78 Å². The lowest BCUT2D eigenvalue weighted by molar-refractivity contribution is -0.00177. The molecule has 0 unspecified atom stereocenters. The number of nitrogens with zero attached hydrogens (tertiary/aromatic N) is 5. The topological polar surface area (TPSA) is 153 Å². The normalized spacial score (nSPS) is 16.2. The van der Waals surface area contributed by atoms with Gasteiger partial charge in [0, 0.05) is 25.3 Å². The Hall–Kier alpha value is -3.60. The number of halogens is 1. The van der Waals surface area contributed by atoms with E-state index in [9.17, 15) is 22.7 Å². The van der Waals surface area contributed by atoms with Crippen LogP contribution < -0.4 is 10.6 Å². The van der Waals surface area contributed by atoms with E-state index in [1.165, 1.54) is 36.8 Å². The smallest absolute Gasteiger partial charge is 0.255 e. The Labute approximate surface area is 220 Å². The molecular formula is C25H30FN7O4S. The number of pyridine rings is 1. The second-order valence-corrected chi connectivity index (χ2v) is 11.9. The van der Waals surface area contributed by atoms with Crippen molar-refractivity contribution in [2.45, 2.75) is 44.5 Å². The predicted molar refractivity (Wildman–Crippen MR) is 140 cm³/mol. The van der Waals surface area contributed by atoms with E-state index < -0.39 is 27.7 Å². The summed E-state index contributed by atoms with van der Waals surface area (Å²) in [4.78, 5) is 17.5. The van der Waals surface area contributed by atoms with Gasteiger partial charge in [-0.05, 0) is 51.0 Å². The second kappa shape index (κ2) is 10.6. The van der Waals surface area contributed by atoms with Crippen LogP contribution in [0.2, 0.25) is 0 Å². The average molecular weight is 544 g/mol. The lowest BCUT2D eigenvalue weighted by atomic mass is 10.0. The molecule has 4 heterocycles. The van der Waals surface area contributed by atoms with Crippen molar-refractivity contribution in [1.29, 1.82) is 5.26 Å². The molecule has 0 bridgehead atoms. The fourth-order valence-corrected chi connectivity index (χ4v) is 5.10. The van der Waals surface area contributed by atoms with Crippen LogP contribution in [-0.2, 0) is 10.0 Å². The highest BCUT2D eigenvalue weighted by molar-refractivity contribution is 7.88. The van der Waals surface area contributed by atoms with Gasteiger partial charge < -0.3 is 15.7 Å². The summed E-state index contributed by atoms with van der Waals surface area (Å²) in [6.07, 6.45) is 3.40. The SMILES string of the molecule is CC(C)(O)[C@H](F)CNC(=O)c1cnc(-c2ccc3cc(C#N)cnn23)cc1NC1CCN(S(C)(=O)=O)CC1. The van der Waals surface area contributed by atoms with E-state index in [1.54, 1.807) is 28.8 Å². The summed E-state index contributed by atoms with van der Waals surface area (Å²) >= 11 is 0. The maximum Gasteiger partial charge on any atom is 0.255 e. The van der Waals surface area contributed by atoms with Crippen molar-refractivity contribution in [2.24, 2.45) is 0 Å². The molecule has 202 valence electrons. The van der Waals surface area contributed by atoms with E-state index in [4.69, 9.17) is 5.26 Å². The fraction of sp³-hybridized carbons (Fsp3) is 0.440. The Kier molecular flexibility index (Phi) is 7.68. The first kappa shape index (κ1) is 27.4. The number of fused-ring (bicyclic) bond motifs is 1. The highest BCUT2D eigenvalue weighted by Crippen LogP contribution is 2.27. The minimum atomic E-state index is -3.29. The number of hydrogen-bond acceptors (Lipinski definition) is 8. The Balaban J connectivity index is 1.64. The third kappa shape index (κ3) is 6.09. The molecule has 3 aromatic rings. The van der Waals surface area contributed by atoms with Crippen molar-refractivity contribution >= 4 is 27.1 Å². The Morgan fingerprint density at radius 3 is 2.63 bits per heavy atom. The molecule has 1 atom stereocenters. The molecular weight excluding hydrogens is 513 g/mol. The number of sulfonamides is 1. The molecule has 1 aliphatic rings. The van der Waals surface area contributed by atoms with E-state index >= 15 is 0 Å². The van der Waals surface area contributed by atoms with Crippen LogP contribution >= 0.6 is 0 Å². The van der Waals surface area contributed by atoms with Gasteiger partial charge in [0.05, 0.1) is 58.3 Å². The molecule has 13 heteroatoms. The molecule has 1 amide bonds. The van der Waals surface area contributed by atoms with Crippen molar-refractivity contribution in [3.8, 4) is 17.5 Å². The van der Waals surface area contributed by atoms with Crippen molar-refractivity contribution in [1.82, 2.24) is 24.2 Å². The van der Waals surface area contributed by atoms with Gasteiger partial charge in [-0.1, -0.05) is 0 Å². The number of carbonyl (C=O) groups excluding carboxylic acids is 1. The summed E-state index contributed by atoms with van der Waals surface area (Å²) in [5.41, 5.74) is 1.29. The zero-order valence-corrected chi connectivity index (χ0v) is 22.2. The number of aliphatic hydroxyl groups is 1. The molecule has 0 spiro atoms. The number of anilines is 1. The highest BCUT2D eigenvalue weighted by atomic mass is 32.2. The fourth-order valence-electron chi connectivity index (χ4n) is 4.23. The summed E-state index contributed by atoms with van der Waals surface area (Å²) in [6.45, 7) is 2.96. The Bertz CT molecular complexity index is 1490. The van der Waals surface area contributed by atoms with Crippen LogP contribution in [0.15, 0.2) is 36.7 Å². The number of carbonyl (C=O) groups is 1. The van der Waals surface area contributed by atoms with Crippen LogP contribution in [0, 0.1) is 11.3 Å². The zero-order valence-electron chi connectivity index (χ0n) is 21.3. The number of amides is 1. The van der Waals surface area contributed by atoms with Gasteiger partial charge in [0.25, 0.3) is 5.91 Å². The van der Waals surface area contributed by atoms with E-state index in [-0.39, 0.29) is 18.2 Å².